The van der Waals surface area contributed by atoms with Crippen molar-refractivity contribution < 1.29 is 9.53 Å². The van der Waals surface area contributed by atoms with Gasteiger partial charge in [0.15, 0.2) is 0 Å². The number of nitrogens with zero attached hydrogens (tertiary/aromatic N) is 2. The lowest BCUT2D eigenvalue weighted by molar-refractivity contribution is -0.142. The van der Waals surface area contributed by atoms with Gasteiger partial charge in [0.05, 0.1) is 19.7 Å². The predicted octanol–water partition coefficient (Wildman–Crippen LogP) is 0.946. The zero-order chi connectivity index (χ0) is 11.8. The molecule has 0 radical (unpaired) electrons. The number of rotatable bonds is 7. The fourth-order valence-corrected chi connectivity index (χ4v) is 1.44. The maximum Gasteiger partial charge on any atom is 0.319 e. The Labute approximate surface area is 95.8 Å². The molecular weight excluding hydrogens is 206 g/mol. The molecule has 1 N–H and O–H groups in total. The summed E-state index contributed by atoms with van der Waals surface area (Å²) >= 11 is 0. The Hall–Kier alpha value is -1.36. The lowest BCUT2D eigenvalue weighted by Gasteiger charge is -2.07. The van der Waals surface area contributed by atoms with E-state index in [2.05, 4.69) is 21.8 Å². The van der Waals surface area contributed by atoms with Gasteiger partial charge in [-0.25, -0.2) is 4.98 Å². The maximum absolute atomic E-state index is 11.1. The van der Waals surface area contributed by atoms with Crippen molar-refractivity contribution in [1.82, 2.24) is 14.9 Å². The van der Waals surface area contributed by atoms with Crippen LogP contribution in [0.4, 0.5) is 0 Å². The van der Waals surface area contributed by atoms with E-state index in [0.29, 0.717) is 13.2 Å². The van der Waals surface area contributed by atoms with Gasteiger partial charge in [-0.1, -0.05) is 6.92 Å². The number of carbonyl (C=O) groups excluding carboxylic acids is 1. The summed E-state index contributed by atoms with van der Waals surface area (Å²) in [7, 11) is 0. The van der Waals surface area contributed by atoms with Crippen molar-refractivity contribution in [2.75, 3.05) is 13.2 Å². The highest BCUT2D eigenvalue weighted by Crippen LogP contribution is 1.98. The summed E-state index contributed by atoms with van der Waals surface area (Å²) in [6.07, 6.45) is 4.79. The lowest BCUT2D eigenvalue weighted by atomic mass is 10.4. The van der Waals surface area contributed by atoms with Crippen LogP contribution in [0, 0.1) is 0 Å². The Morgan fingerprint density at radius 1 is 1.56 bits per heavy atom. The Bertz CT molecular complexity index is 323. The minimum Gasteiger partial charge on any atom is -0.465 e. The number of aromatic nitrogens is 2. The summed E-state index contributed by atoms with van der Waals surface area (Å²) < 4.78 is 6.89. The van der Waals surface area contributed by atoms with Gasteiger partial charge in [-0.2, -0.15) is 0 Å². The predicted molar refractivity (Wildman–Crippen MR) is 60.9 cm³/mol. The molecule has 5 heteroatoms. The third-order valence-corrected chi connectivity index (χ3v) is 2.12. The zero-order valence-corrected chi connectivity index (χ0v) is 9.90. The SMILES string of the molecule is CCCn1ccnc1CNCC(=O)OCC. The fraction of sp³-hybridized carbons (Fsp3) is 0.636. The van der Waals surface area contributed by atoms with E-state index in [-0.39, 0.29) is 12.5 Å². The molecular formula is C11H19N3O2. The molecule has 0 unspecified atom stereocenters. The van der Waals surface area contributed by atoms with Gasteiger partial charge in [0.2, 0.25) is 0 Å². The number of imidazole rings is 1. The average Bonchev–Trinajstić information content (AvgIpc) is 2.67. The van der Waals surface area contributed by atoms with Crippen LogP contribution in [0.3, 0.4) is 0 Å². The molecule has 0 spiro atoms. The van der Waals surface area contributed by atoms with Gasteiger partial charge < -0.3 is 9.30 Å². The summed E-state index contributed by atoms with van der Waals surface area (Å²) in [6.45, 7) is 6.11. The second kappa shape index (κ2) is 7.00. The quantitative estimate of drug-likeness (QED) is 0.702. The van der Waals surface area contributed by atoms with Gasteiger partial charge in [0.25, 0.3) is 0 Å². The van der Waals surface area contributed by atoms with Crippen LogP contribution in [0.15, 0.2) is 12.4 Å². The van der Waals surface area contributed by atoms with Crippen molar-refractivity contribution >= 4 is 5.97 Å². The van der Waals surface area contributed by atoms with E-state index in [1.165, 1.54) is 0 Å². The summed E-state index contributed by atoms with van der Waals surface area (Å²) in [5, 5.41) is 3.01. The molecule has 1 aromatic rings. The van der Waals surface area contributed by atoms with Crippen molar-refractivity contribution in [1.29, 1.82) is 0 Å². The van der Waals surface area contributed by atoms with Crippen LogP contribution in [0.25, 0.3) is 0 Å². The minimum atomic E-state index is -0.226. The van der Waals surface area contributed by atoms with Gasteiger partial charge in [0.1, 0.15) is 5.82 Å². The molecule has 1 heterocycles. The van der Waals surface area contributed by atoms with E-state index in [0.717, 1.165) is 18.8 Å². The molecule has 1 aromatic heterocycles. The molecule has 5 nitrogen and oxygen atoms in total. The van der Waals surface area contributed by atoms with Crippen LogP contribution in [0.5, 0.6) is 0 Å². The summed E-state index contributed by atoms with van der Waals surface area (Å²) in [5.74, 6) is 0.724. The van der Waals surface area contributed by atoms with Crippen molar-refractivity contribution in [3.63, 3.8) is 0 Å². The fourth-order valence-electron chi connectivity index (χ4n) is 1.44. The Morgan fingerprint density at radius 3 is 3.06 bits per heavy atom. The number of ether oxygens (including phenoxy) is 1. The molecule has 0 aliphatic carbocycles. The first-order valence-corrected chi connectivity index (χ1v) is 5.64. The van der Waals surface area contributed by atoms with Crippen LogP contribution in [0.2, 0.25) is 0 Å². The second-order valence-electron chi connectivity index (χ2n) is 3.45. The topological polar surface area (TPSA) is 56.2 Å². The standard InChI is InChI=1S/C11H19N3O2/c1-3-6-14-7-5-13-10(14)8-12-9-11(15)16-4-2/h5,7,12H,3-4,6,8-9H2,1-2H3. The van der Waals surface area contributed by atoms with Gasteiger partial charge in [0, 0.05) is 18.9 Å². The maximum atomic E-state index is 11.1. The molecule has 0 bridgehead atoms. The Morgan fingerprint density at radius 2 is 2.38 bits per heavy atom. The monoisotopic (exact) mass is 225 g/mol. The first-order valence-electron chi connectivity index (χ1n) is 5.64. The molecule has 0 aliphatic heterocycles. The van der Waals surface area contributed by atoms with Crippen molar-refractivity contribution in [3.8, 4) is 0 Å². The normalized spacial score (nSPS) is 10.4. The third kappa shape index (κ3) is 4.02. The first-order chi connectivity index (χ1) is 7.77. The highest BCUT2D eigenvalue weighted by atomic mass is 16.5. The lowest BCUT2D eigenvalue weighted by Crippen LogP contribution is -2.25. The Kier molecular flexibility index (Phi) is 5.56. The van der Waals surface area contributed by atoms with Crippen molar-refractivity contribution in [2.24, 2.45) is 0 Å². The van der Waals surface area contributed by atoms with Gasteiger partial charge >= 0.3 is 5.97 Å². The van der Waals surface area contributed by atoms with Gasteiger partial charge in [-0.05, 0) is 13.3 Å². The van der Waals surface area contributed by atoms with E-state index < -0.39 is 0 Å². The van der Waals surface area contributed by atoms with Crippen LogP contribution in [-0.2, 0) is 22.6 Å². The zero-order valence-electron chi connectivity index (χ0n) is 9.90. The van der Waals surface area contributed by atoms with Crippen LogP contribution >= 0.6 is 0 Å². The van der Waals surface area contributed by atoms with Crippen LogP contribution < -0.4 is 5.32 Å². The summed E-state index contributed by atoms with van der Waals surface area (Å²) in [6, 6.07) is 0. The number of nitrogens with one attached hydrogen (secondary N) is 1. The summed E-state index contributed by atoms with van der Waals surface area (Å²) in [4.78, 5) is 15.3. The van der Waals surface area contributed by atoms with Crippen LogP contribution in [-0.4, -0.2) is 28.7 Å². The molecule has 0 atom stereocenters. The number of aryl methyl sites for hydroxylation is 1. The van der Waals surface area contributed by atoms with Gasteiger partial charge in [-0.15, -0.1) is 0 Å². The van der Waals surface area contributed by atoms with E-state index in [1.54, 1.807) is 13.1 Å². The third-order valence-electron chi connectivity index (χ3n) is 2.12. The molecule has 0 saturated heterocycles. The Balaban J connectivity index is 2.31. The van der Waals surface area contributed by atoms with E-state index in [9.17, 15) is 4.79 Å². The molecule has 0 saturated carbocycles. The second-order valence-corrected chi connectivity index (χ2v) is 3.45. The number of hydrogen-bond donors (Lipinski definition) is 1. The van der Waals surface area contributed by atoms with Crippen molar-refractivity contribution in [3.05, 3.63) is 18.2 Å². The van der Waals surface area contributed by atoms with E-state index in [1.807, 2.05) is 6.20 Å². The molecule has 90 valence electrons. The highest BCUT2D eigenvalue weighted by Gasteiger charge is 2.04. The number of carbonyl (C=O) groups is 1. The van der Waals surface area contributed by atoms with Crippen LogP contribution in [0.1, 0.15) is 26.1 Å². The van der Waals surface area contributed by atoms with E-state index in [4.69, 9.17) is 4.74 Å². The average molecular weight is 225 g/mol. The van der Waals surface area contributed by atoms with Crippen molar-refractivity contribution in [2.45, 2.75) is 33.4 Å². The molecule has 0 fully saturated rings. The van der Waals surface area contributed by atoms with Gasteiger partial charge in [-0.3, -0.25) is 10.1 Å². The highest BCUT2D eigenvalue weighted by molar-refractivity contribution is 5.71. The first kappa shape index (κ1) is 12.7. The summed E-state index contributed by atoms with van der Waals surface area (Å²) in [5.41, 5.74) is 0. The molecule has 0 aromatic carbocycles. The molecule has 16 heavy (non-hydrogen) atoms. The molecule has 0 aliphatic rings. The largest absolute Gasteiger partial charge is 0.465 e. The number of esters is 1. The molecule has 0 amide bonds. The smallest absolute Gasteiger partial charge is 0.319 e. The number of hydrogen-bond acceptors (Lipinski definition) is 4. The molecule has 1 rings (SSSR count). The van der Waals surface area contributed by atoms with E-state index >= 15 is 0 Å². The minimum absolute atomic E-state index is 0.226.